The minimum absolute atomic E-state index is 0.0117. The number of ether oxygens (including phenoxy) is 2. The summed E-state index contributed by atoms with van der Waals surface area (Å²) in [4.78, 5) is 36.3. The SMILES string of the molecule is C=CC(=O)CCc1cn(CC(COC(=O)CCCCCCCCC)OC(=O)CCCCCCCCC)nn1. The molecule has 0 amide bonds. The highest BCUT2D eigenvalue weighted by Gasteiger charge is 2.19. The Bertz CT molecular complexity index is 793. The van der Waals surface area contributed by atoms with Gasteiger partial charge in [-0.15, -0.1) is 5.10 Å². The summed E-state index contributed by atoms with van der Waals surface area (Å²) in [6.07, 6.45) is 19.6. The number of ketones is 1. The van der Waals surface area contributed by atoms with Crippen LogP contribution in [0.15, 0.2) is 18.9 Å². The summed E-state index contributed by atoms with van der Waals surface area (Å²) in [5.74, 6) is -0.609. The van der Waals surface area contributed by atoms with Crippen molar-refractivity contribution in [2.24, 2.45) is 0 Å². The number of carbonyl (C=O) groups excluding carboxylic acids is 3. The molecule has 1 rings (SSSR count). The van der Waals surface area contributed by atoms with E-state index in [-0.39, 0.29) is 30.9 Å². The number of carbonyl (C=O) groups is 3. The van der Waals surface area contributed by atoms with E-state index >= 15 is 0 Å². The van der Waals surface area contributed by atoms with Crippen LogP contribution in [0.2, 0.25) is 0 Å². The Hall–Kier alpha value is -2.51. The van der Waals surface area contributed by atoms with Crippen molar-refractivity contribution < 1.29 is 23.9 Å². The molecule has 0 aliphatic carbocycles. The van der Waals surface area contributed by atoms with E-state index in [1.54, 1.807) is 10.9 Å². The van der Waals surface area contributed by atoms with E-state index < -0.39 is 6.10 Å². The quantitative estimate of drug-likeness (QED) is 0.0783. The van der Waals surface area contributed by atoms with Gasteiger partial charge in [-0.2, -0.15) is 0 Å². The second-order valence-electron chi connectivity index (χ2n) is 10.1. The first-order valence-electron chi connectivity index (χ1n) is 14.9. The molecule has 0 N–H and O–H groups in total. The molecule has 8 nitrogen and oxygen atoms in total. The molecular formula is C30H51N3O5. The van der Waals surface area contributed by atoms with Gasteiger partial charge < -0.3 is 9.47 Å². The van der Waals surface area contributed by atoms with Gasteiger partial charge in [0.1, 0.15) is 6.61 Å². The third-order valence-electron chi connectivity index (χ3n) is 6.53. The number of aromatic nitrogens is 3. The zero-order valence-electron chi connectivity index (χ0n) is 24.0. The Morgan fingerprint density at radius 1 is 0.842 bits per heavy atom. The molecule has 0 fully saturated rings. The Morgan fingerprint density at radius 2 is 1.39 bits per heavy atom. The first kappa shape index (κ1) is 33.5. The molecule has 1 aromatic heterocycles. The Balaban J connectivity index is 2.50. The molecular weight excluding hydrogens is 482 g/mol. The van der Waals surface area contributed by atoms with Crippen LogP contribution < -0.4 is 0 Å². The van der Waals surface area contributed by atoms with Crippen LogP contribution in [0, 0.1) is 0 Å². The first-order chi connectivity index (χ1) is 18.5. The molecule has 0 saturated carbocycles. The molecule has 1 heterocycles. The van der Waals surface area contributed by atoms with Crippen molar-refractivity contribution in [1.29, 1.82) is 0 Å². The van der Waals surface area contributed by atoms with Crippen LogP contribution in [0.5, 0.6) is 0 Å². The predicted molar refractivity (Wildman–Crippen MR) is 150 cm³/mol. The highest BCUT2D eigenvalue weighted by atomic mass is 16.6. The fourth-order valence-corrected chi connectivity index (χ4v) is 4.18. The largest absolute Gasteiger partial charge is 0.462 e. The maximum absolute atomic E-state index is 12.5. The summed E-state index contributed by atoms with van der Waals surface area (Å²) in [5.41, 5.74) is 0.671. The number of unbranched alkanes of at least 4 members (excludes halogenated alkanes) is 12. The topological polar surface area (TPSA) is 100 Å². The predicted octanol–water partition coefficient (Wildman–Crippen LogP) is 6.70. The molecule has 216 valence electrons. The Labute approximate surface area is 229 Å². The number of hydrogen-bond acceptors (Lipinski definition) is 7. The summed E-state index contributed by atoms with van der Waals surface area (Å²) in [6, 6.07) is 0. The van der Waals surface area contributed by atoms with Gasteiger partial charge in [-0.25, -0.2) is 4.68 Å². The van der Waals surface area contributed by atoms with Crippen molar-refractivity contribution in [2.75, 3.05) is 6.61 Å². The lowest BCUT2D eigenvalue weighted by atomic mass is 10.1. The van der Waals surface area contributed by atoms with E-state index in [9.17, 15) is 14.4 Å². The minimum Gasteiger partial charge on any atom is -0.462 e. The number of rotatable bonds is 25. The zero-order valence-corrected chi connectivity index (χ0v) is 24.0. The molecule has 8 heteroatoms. The minimum atomic E-state index is -0.644. The molecule has 1 atom stereocenters. The van der Waals surface area contributed by atoms with Crippen molar-refractivity contribution in [1.82, 2.24) is 15.0 Å². The highest BCUT2D eigenvalue weighted by Crippen LogP contribution is 2.12. The lowest BCUT2D eigenvalue weighted by molar-refractivity contribution is -0.160. The molecule has 38 heavy (non-hydrogen) atoms. The molecule has 0 saturated heterocycles. The fraction of sp³-hybridized carbons (Fsp3) is 0.767. The third kappa shape index (κ3) is 17.9. The molecule has 0 aliphatic rings. The average Bonchev–Trinajstić information content (AvgIpc) is 3.36. The van der Waals surface area contributed by atoms with Crippen LogP contribution in [0.4, 0.5) is 0 Å². The number of aryl methyl sites for hydroxylation is 1. The van der Waals surface area contributed by atoms with E-state index in [4.69, 9.17) is 9.47 Å². The standard InChI is InChI=1S/C30H51N3O5/c1-4-7-9-11-13-15-17-19-29(35)37-25-28(38-30(36)20-18-16-14-12-10-8-5-2)24-33-23-26(31-32-33)21-22-27(34)6-3/h6,23,28H,3-5,7-22,24-25H2,1-2H3. The molecule has 0 aliphatic heterocycles. The number of esters is 2. The maximum Gasteiger partial charge on any atom is 0.306 e. The van der Waals surface area contributed by atoms with E-state index in [1.807, 2.05) is 0 Å². The van der Waals surface area contributed by atoms with Crippen LogP contribution in [0.3, 0.4) is 0 Å². The van der Waals surface area contributed by atoms with E-state index in [2.05, 4.69) is 30.7 Å². The van der Waals surface area contributed by atoms with Gasteiger partial charge in [-0.05, 0) is 18.9 Å². The first-order valence-corrected chi connectivity index (χ1v) is 14.9. The number of allylic oxidation sites excluding steroid dienone is 1. The Morgan fingerprint density at radius 3 is 1.97 bits per heavy atom. The summed E-state index contributed by atoms with van der Waals surface area (Å²) in [6.45, 7) is 8.10. The third-order valence-corrected chi connectivity index (χ3v) is 6.53. The second kappa shape index (κ2) is 22.5. The van der Waals surface area contributed by atoms with Crippen molar-refractivity contribution >= 4 is 17.7 Å². The van der Waals surface area contributed by atoms with Gasteiger partial charge in [0.25, 0.3) is 0 Å². The van der Waals surface area contributed by atoms with Crippen molar-refractivity contribution in [3.05, 3.63) is 24.5 Å². The van der Waals surface area contributed by atoms with Crippen LogP contribution in [0.1, 0.15) is 129 Å². The van der Waals surface area contributed by atoms with Crippen LogP contribution in [0.25, 0.3) is 0 Å². The Kier molecular flexibility index (Phi) is 19.8. The van der Waals surface area contributed by atoms with Crippen LogP contribution in [-0.2, 0) is 36.8 Å². The molecule has 0 aromatic carbocycles. The van der Waals surface area contributed by atoms with Gasteiger partial charge in [0.15, 0.2) is 11.9 Å². The normalized spacial score (nSPS) is 11.7. The maximum atomic E-state index is 12.5. The van der Waals surface area contributed by atoms with Crippen LogP contribution in [-0.4, -0.2) is 45.4 Å². The highest BCUT2D eigenvalue weighted by molar-refractivity contribution is 5.89. The summed E-state index contributed by atoms with van der Waals surface area (Å²) in [7, 11) is 0. The average molecular weight is 534 g/mol. The molecule has 0 spiro atoms. The lowest BCUT2D eigenvalue weighted by Gasteiger charge is -2.18. The van der Waals surface area contributed by atoms with Gasteiger partial charge in [-0.1, -0.05) is 103 Å². The van der Waals surface area contributed by atoms with Gasteiger partial charge in [0, 0.05) is 31.9 Å². The van der Waals surface area contributed by atoms with Crippen molar-refractivity contribution in [3.8, 4) is 0 Å². The second-order valence-corrected chi connectivity index (χ2v) is 10.1. The fourth-order valence-electron chi connectivity index (χ4n) is 4.18. The summed E-state index contributed by atoms with van der Waals surface area (Å²) < 4.78 is 12.7. The lowest BCUT2D eigenvalue weighted by Crippen LogP contribution is -2.30. The molecule has 0 bridgehead atoms. The molecule has 0 radical (unpaired) electrons. The zero-order chi connectivity index (χ0) is 27.8. The summed E-state index contributed by atoms with van der Waals surface area (Å²) >= 11 is 0. The van der Waals surface area contributed by atoms with E-state index in [1.165, 1.54) is 57.4 Å². The van der Waals surface area contributed by atoms with Gasteiger partial charge in [0.05, 0.1) is 12.2 Å². The van der Waals surface area contributed by atoms with Gasteiger partial charge >= 0.3 is 11.9 Å². The van der Waals surface area contributed by atoms with E-state index in [0.717, 1.165) is 38.5 Å². The monoisotopic (exact) mass is 533 g/mol. The van der Waals surface area contributed by atoms with Crippen molar-refractivity contribution in [3.63, 3.8) is 0 Å². The smallest absolute Gasteiger partial charge is 0.306 e. The van der Waals surface area contributed by atoms with Gasteiger partial charge in [0.2, 0.25) is 0 Å². The number of nitrogens with zero attached hydrogens (tertiary/aromatic N) is 3. The van der Waals surface area contributed by atoms with Crippen LogP contribution >= 0.6 is 0 Å². The van der Waals surface area contributed by atoms with E-state index in [0.29, 0.717) is 31.4 Å². The number of hydrogen-bond donors (Lipinski definition) is 0. The van der Waals surface area contributed by atoms with Gasteiger partial charge in [-0.3, -0.25) is 14.4 Å². The molecule has 1 aromatic rings. The summed E-state index contributed by atoms with van der Waals surface area (Å²) in [5, 5.41) is 8.19. The van der Waals surface area contributed by atoms with Crippen molar-refractivity contribution in [2.45, 2.75) is 142 Å². The molecule has 1 unspecified atom stereocenters.